The van der Waals surface area contributed by atoms with E-state index in [9.17, 15) is 13.2 Å². The van der Waals surface area contributed by atoms with E-state index >= 15 is 0 Å². The number of carbonyl (C=O) groups excluding carboxylic acids is 1. The second-order valence-electron chi connectivity index (χ2n) is 8.28. The molecule has 0 N–H and O–H groups in total. The molecule has 0 spiro atoms. The summed E-state index contributed by atoms with van der Waals surface area (Å²) in [5.74, 6) is 0.820. The predicted octanol–water partition coefficient (Wildman–Crippen LogP) is 4.15. The van der Waals surface area contributed by atoms with Gasteiger partial charge in [0.05, 0.1) is 30.8 Å². The van der Waals surface area contributed by atoms with Gasteiger partial charge in [-0.3, -0.25) is 4.79 Å². The number of furan rings is 1. The lowest BCUT2D eigenvalue weighted by Crippen LogP contribution is -2.41. The average molecular weight is 456 g/mol. The zero-order chi connectivity index (χ0) is 22.7. The Morgan fingerprint density at radius 3 is 2.53 bits per heavy atom. The summed E-state index contributed by atoms with van der Waals surface area (Å²) in [5, 5.41) is 0.942. The summed E-state index contributed by atoms with van der Waals surface area (Å²) in [6.07, 6.45) is 3.19. The maximum Gasteiger partial charge on any atom is 0.227 e. The van der Waals surface area contributed by atoms with E-state index in [2.05, 4.69) is 13.0 Å². The van der Waals surface area contributed by atoms with Crippen molar-refractivity contribution in [1.82, 2.24) is 4.90 Å². The highest BCUT2D eigenvalue weighted by Crippen LogP contribution is 2.26. The first-order valence-electron chi connectivity index (χ1n) is 11.1. The van der Waals surface area contributed by atoms with Crippen LogP contribution in [0.15, 0.2) is 53.1 Å². The summed E-state index contributed by atoms with van der Waals surface area (Å²) in [5.41, 5.74) is 3.71. The van der Waals surface area contributed by atoms with Gasteiger partial charge >= 0.3 is 0 Å². The molecule has 1 saturated heterocycles. The SMILES string of the molecule is CCOc1ccc(CN(C(=O)Cc2coc3ccc(CC)cc23)[C@H]2CCS(=O)(=O)C2)cc1. The standard InChI is InChI=1S/C25H29NO5S/c1-3-18-7-10-24-23(13-18)20(16-31-24)14-25(27)26(21-11-12-32(28,29)17-21)15-19-5-8-22(9-6-19)30-4-2/h5-10,13,16,21H,3-4,11-12,14-15,17H2,1-2H3/t21-/m0/s1. The van der Waals surface area contributed by atoms with Crippen LogP contribution in [0.25, 0.3) is 11.0 Å². The molecule has 1 aliphatic rings. The quantitative estimate of drug-likeness (QED) is 0.510. The van der Waals surface area contributed by atoms with Crippen LogP contribution in [0, 0.1) is 0 Å². The van der Waals surface area contributed by atoms with Crippen LogP contribution < -0.4 is 4.74 Å². The highest BCUT2D eigenvalue weighted by Gasteiger charge is 2.35. The van der Waals surface area contributed by atoms with E-state index in [1.165, 1.54) is 5.56 Å². The fraction of sp³-hybridized carbons (Fsp3) is 0.400. The monoisotopic (exact) mass is 455 g/mol. The molecule has 1 aromatic heterocycles. The van der Waals surface area contributed by atoms with Gasteiger partial charge in [0.1, 0.15) is 11.3 Å². The third-order valence-electron chi connectivity index (χ3n) is 6.02. The predicted molar refractivity (Wildman–Crippen MR) is 125 cm³/mol. The molecular weight excluding hydrogens is 426 g/mol. The van der Waals surface area contributed by atoms with Gasteiger partial charge in [-0.1, -0.05) is 25.1 Å². The van der Waals surface area contributed by atoms with E-state index in [1.54, 1.807) is 11.2 Å². The molecule has 0 unspecified atom stereocenters. The van der Waals surface area contributed by atoms with Crippen molar-refractivity contribution in [2.45, 2.75) is 45.7 Å². The number of aryl methyl sites for hydroxylation is 1. The van der Waals surface area contributed by atoms with Gasteiger partial charge in [-0.15, -0.1) is 0 Å². The van der Waals surface area contributed by atoms with Crippen molar-refractivity contribution in [2.24, 2.45) is 0 Å². The smallest absolute Gasteiger partial charge is 0.227 e. The van der Waals surface area contributed by atoms with Crippen molar-refractivity contribution in [3.8, 4) is 5.75 Å². The number of rotatable bonds is 8. The molecule has 2 heterocycles. The molecule has 0 bridgehead atoms. The number of sulfone groups is 1. The van der Waals surface area contributed by atoms with Gasteiger partial charge in [-0.2, -0.15) is 0 Å². The van der Waals surface area contributed by atoms with E-state index in [-0.39, 0.29) is 29.9 Å². The van der Waals surface area contributed by atoms with Gasteiger partial charge in [0.2, 0.25) is 5.91 Å². The van der Waals surface area contributed by atoms with Gasteiger partial charge in [-0.05, 0) is 55.2 Å². The Hall–Kier alpha value is -2.80. The molecular formula is C25H29NO5S. The Bertz CT molecular complexity index is 1200. The summed E-state index contributed by atoms with van der Waals surface area (Å²) < 4.78 is 35.4. The van der Waals surface area contributed by atoms with E-state index in [0.29, 0.717) is 19.6 Å². The molecule has 4 rings (SSSR count). The first kappa shape index (κ1) is 22.4. The number of benzene rings is 2. The molecule has 0 saturated carbocycles. The third kappa shape index (κ3) is 4.99. The van der Waals surface area contributed by atoms with Crippen LogP contribution in [-0.4, -0.2) is 43.4 Å². The maximum atomic E-state index is 13.4. The molecule has 1 fully saturated rings. The lowest BCUT2D eigenvalue weighted by atomic mass is 10.0. The molecule has 0 radical (unpaired) electrons. The largest absolute Gasteiger partial charge is 0.494 e. The highest BCUT2D eigenvalue weighted by atomic mass is 32.2. The summed E-state index contributed by atoms with van der Waals surface area (Å²) in [7, 11) is -3.12. The first-order valence-corrected chi connectivity index (χ1v) is 12.9. The number of hydrogen-bond donors (Lipinski definition) is 0. The minimum atomic E-state index is -3.12. The minimum Gasteiger partial charge on any atom is -0.494 e. The second-order valence-corrected chi connectivity index (χ2v) is 10.5. The minimum absolute atomic E-state index is 0.0158. The lowest BCUT2D eigenvalue weighted by molar-refractivity contribution is -0.133. The van der Waals surface area contributed by atoms with Gasteiger partial charge in [-0.25, -0.2) is 8.42 Å². The molecule has 1 amide bonds. The fourth-order valence-corrected chi connectivity index (χ4v) is 5.98. The molecule has 32 heavy (non-hydrogen) atoms. The number of carbonyl (C=O) groups is 1. The summed E-state index contributed by atoms with van der Waals surface area (Å²) in [6.45, 7) is 4.97. The number of ether oxygens (including phenoxy) is 1. The van der Waals surface area contributed by atoms with Crippen molar-refractivity contribution >= 4 is 26.7 Å². The van der Waals surface area contributed by atoms with E-state index < -0.39 is 9.84 Å². The van der Waals surface area contributed by atoms with Crippen molar-refractivity contribution in [3.05, 3.63) is 65.4 Å². The Morgan fingerprint density at radius 1 is 1.12 bits per heavy atom. The van der Waals surface area contributed by atoms with Crippen LogP contribution in [-0.2, 0) is 34.0 Å². The van der Waals surface area contributed by atoms with Crippen molar-refractivity contribution in [1.29, 1.82) is 0 Å². The fourth-order valence-electron chi connectivity index (χ4n) is 4.25. The Kier molecular flexibility index (Phi) is 6.55. The van der Waals surface area contributed by atoms with E-state index in [4.69, 9.17) is 9.15 Å². The number of nitrogens with zero attached hydrogens (tertiary/aromatic N) is 1. The van der Waals surface area contributed by atoms with Gasteiger partial charge in [0.15, 0.2) is 9.84 Å². The molecule has 3 aromatic rings. The molecule has 6 nitrogen and oxygen atoms in total. The van der Waals surface area contributed by atoms with Crippen LogP contribution in [0.2, 0.25) is 0 Å². The van der Waals surface area contributed by atoms with Crippen LogP contribution in [0.1, 0.15) is 37.0 Å². The molecule has 1 aliphatic heterocycles. The van der Waals surface area contributed by atoms with E-state index in [0.717, 1.165) is 34.3 Å². The van der Waals surface area contributed by atoms with Crippen molar-refractivity contribution in [2.75, 3.05) is 18.1 Å². The van der Waals surface area contributed by atoms with Gasteiger partial charge < -0.3 is 14.1 Å². The molecule has 170 valence electrons. The Labute approximate surface area is 189 Å². The maximum absolute atomic E-state index is 13.4. The number of hydrogen-bond acceptors (Lipinski definition) is 5. The first-order chi connectivity index (χ1) is 15.4. The van der Waals surface area contributed by atoms with Crippen LogP contribution >= 0.6 is 0 Å². The molecule has 2 aromatic carbocycles. The third-order valence-corrected chi connectivity index (χ3v) is 7.78. The molecule has 1 atom stereocenters. The van der Waals surface area contributed by atoms with Crippen LogP contribution in [0.4, 0.5) is 0 Å². The van der Waals surface area contributed by atoms with Gasteiger partial charge in [0, 0.05) is 23.5 Å². The van der Waals surface area contributed by atoms with Crippen LogP contribution in [0.5, 0.6) is 5.75 Å². The normalized spacial score (nSPS) is 17.5. The zero-order valence-electron chi connectivity index (χ0n) is 18.5. The molecule has 0 aliphatic carbocycles. The average Bonchev–Trinajstić information content (AvgIpc) is 3.35. The van der Waals surface area contributed by atoms with E-state index in [1.807, 2.05) is 43.3 Å². The summed E-state index contributed by atoms with van der Waals surface area (Å²) in [6, 6.07) is 13.3. The second kappa shape index (κ2) is 9.36. The Balaban J connectivity index is 1.58. The van der Waals surface area contributed by atoms with Crippen LogP contribution in [0.3, 0.4) is 0 Å². The molecule has 7 heteroatoms. The highest BCUT2D eigenvalue weighted by molar-refractivity contribution is 7.91. The summed E-state index contributed by atoms with van der Waals surface area (Å²) >= 11 is 0. The zero-order valence-corrected chi connectivity index (χ0v) is 19.4. The topological polar surface area (TPSA) is 76.8 Å². The number of fused-ring (bicyclic) bond motifs is 1. The lowest BCUT2D eigenvalue weighted by Gasteiger charge is -2.28. The Morgan fingerprint density at radius 2 is 1.88 bits per heavy atom. The summed E-state index contributed by atoms with van der Waals surface area (Å²) in [4.78, 5) is 15.2. The van der Waals surface area contributed by atoms with Crippen molar-refractivity contribution in [3.63, 3.8) is 0 Å². The number of amides is 1. The van der Waals surface area contributed by atoms with Crippen molar-refractivity contribution < 1.29 is 22.4 Å². The van der Waals surface area contributed by atoms with Gasteiger partial charge in [0.25, 0.3) is 0 Å².